The van der Waals surface area contributed by atoms with Gasteiger partial charge in [0, 0.05) is 16.5 Å². The fraction of sp³-hybridized carbons (Fsp3) is 0.294. The first-order valence-corrected chi connectivity index (χ1v) is 7.16. The Morgan fingerprint density at radius 1 is 0.950 bits per heavy atom. The van der Waals surface area contributed by atoms with E-state index >= 15 is 0 Å². The molecule has 2 aromatic rings. The Hall–Kier alpha value is -1.02. The summed E-state index contributed by atoms with van der Waals surface area (Å²) >= 11 is 6.01. The van der Waals surface area contributed by atoms with Crippen molar-refractivity contribution in [2.45, 2.75) is 30.7 Å². The van der Waals surface area contributed by atoms with Crippen molar-refractivity contribution in [3.63, 3.8) is 0 Å². The highest BCUT2D eigenvalue weighted by Crippen LogP contribution is 2.46. The molecule has 1 nitrogen and oxygen atoms in total. The van der Waals surface area contributed by atoms with E-state index in [0.717, 1.165) is 24.3 Å². The Bertz CT molecular complexity index is 553. The second-order valence-electron chi connectivity index (χ2n) is 5.46. The summed E-state index contributed by atoms with van der Waals surface area (Å²) in [6.07, 6.45) is 3.20. The minimum absolute atomic E-state index is 0. The maximum atomic E-state index is 6.19. The van der Waals surface area contributed by atoms with Crippen molar-refractivity contribution >= 4 is 24.0 Å². The van der Waals surface area contributed by atoms with E-state index in [2.05, 4.69) is 42.5 Å². The molecule has 2 aromatic carbocycles. The molecule has 1 fully saturated rings. The summed E-state index contributed by atoms with van der Waals surface area (Å²) in [7, 11) is 0. The van der Waals surface area contributed by atoms with E-state index in [-0.39, 0.29) is 23.9 Å². The van der Waals surface area contributed by atoms with Gasteiger partial charge in [0.15, 0.2) is 0 Å². The number of benzene rings is 2. The van der Waals surface area contributed by atoms with Crippen molar-refractivity contribution in [2.75, 3.05) is 0 Å². The van der Waals surface area contributed by atoms with Crippen LogP contribution in [0.5, 0.6) is 0 Å². The molecular formula is C17H19Cl2N. The highest BCUT2D eigenvalue weighted by molar-refractivity contribution is 6.30. The number of hydrogen-bond acceptors (Lipinski definition) is 1. The fourth-order valence-electron chi connectivity index (χ4n) is 3.30. The molecule has 1 aliphatic carbocycles. The number of hydrogen-bond donors (Lipinski definition) is 1. The zero-order valence-corrected chi connectivity index (χ0v) is 12.8. The second-order valence-corrected chi connectivity index (χ2v) is 5.89. The van der Waals surface area contributed by atoms with Gasteiger partial charge >= 0.3 is 0 Å². The summed E-state index contributed by atoms with van der Waals surface area (Å²) in [5.41, 5.74) is 8.95. The van der Waals surface area contributed by atoms with Gasteiger partial charge in [-0.3, -0.25) is 0 Å². The summed E-state index contributed by atoms with van der Waals surface area (Å²) in [6, 6.07) is 19.2. The molecule has 106 valence electrons. The smallest absolute Gasteiger partial charge is 0.0406 e. The van der Waals surface area contributed by atoms with Gasteiger partial charge in [0.1, 0.15) is 0 Å². The minimum Gasteiger partial charge on any atom is -0.328 e. The molecule has 1 saturated carbocycles. The summed E-state index contributed by atoms with van der Waals surface area (Å²) in [4.78, 5) is 0. The molecule has 2 N–H and O–H groups in total. The van der Waals surface area contributed by atoms with Crippen molar-refractivity contribution in [1.29, 1.82) is 0 Å². The summed E-state index contributed by atoms with van der Waals surface area (Å²) in [5, 5.41) is 0.786. The predicted octanol–water partition coefficient (Wildman–Crippen LogP) is 4.56. The lowest BCUT2D eigenvalue weighted by atomic mass is 9.73. The van der Waals surface area contributed by atoms with Crippen LogP contribution in [-0.2, 0) is 5.41 Å². The lowest BCUT2D eigenvalue weighted by molar-refractivity contribution is 0.524. The van der Waals surface area contributed by atoms with Crippen molar-refractivity contribution < 1.29 is 0 Å². The molecule has 0 spiro atoms. The molecule has 0 bridgehead atoms. The van der Waals surface area contributed by atoms with Crippen molar-refractivity contribution in [3.8, 4) is 0 Å². The molecule has 0 saturated heterocycles. The Morgan fingerprint density at radius 2 is 1.55 bits per heavy atom. The van der Waals surface area contributed by atoms with Gasteiger partial charge in [0.25, 0.3) is 0 Å². The molecule has 0 aliphatic heterocycles. The first kappa shape index (κ1) is 15.4. The average molecular weight is 308 g/mol. The van der Waals surface area contributed by atoms with Crippen LogP contribution in [0, 0.1) is 0 Å². The van der Waals surface area contributed by atoms with E-state index in [9.17, 15) is 0 Å². The van der Waals surface area contributed by atoms with Gasteiger partial charge < -0.3 is 5.73 Å². The SMILES string of the molecule is Cl.NC1CCC(c2ccccc2)(c2ccc(Cl)cc2)C1. The number of halogens is 2. The van der Waals surface area contributed by atoms with E-state index in [1.54, 1.807) is 0 Å². The first-order chi connectivity index (χ1) is 9.21. The summed E-state index contributed by atoms with van der Waals surface area (Å²) in [6.45, 7) is 0. The number of nitrogens with two attached hydrogens (primary N) is 1. The average Bonchev–Trinajstić information content (AvgIpc) is 2.84. The topological polar surface area (TPSA) is 26.0 Å². The first-order valence-electron chi connectivity index (χ1n) is 6.78. The van der Waals surface area contributed by atoms with Crippen LogP contribution >= 0.6 is 24.0 Å². The van der Waals surface area contributed by atoms with Crippen LogP contribution < -0.4 is 5.73 Å². The monoisotopic (exact) mass is 307 g/mol. The Morgan fingerprint density at radius 3 is 2.10 bits per heavy atom. The lowest BCUT2D eigenvalue weighted by Gasteiger charge is -2.31. The van der Waals surface area contributed by atoms with E-state index in [1.807, 2.05) is 12.1 Å². The largest absolute Gasteiger partial charge is 0.328 e. The number of rotatable bonds is 2. The second kappa shape index (κ2) is 6.17. The van der Waals surface area contributed by atoms with Crippen LogP contribution in [0.25, 0.3) is 0 Å². The summed E-state index contributed by atoms with van der Waals surface area (Å²) in [5.74, 6) is 0. The normalized spacial score (nSPS) is 25.2. The molecular weight excluding hydrogens is 289 g/mol. The molecule has 0 aromatic heterocycles. The lowest BCUT2D eigenvalue weighted by Crippen LogP contribution is -2.27. The Labute approximate surface area is 131 Å². The highest BCUT2D eigenvalue weighted by atomic mass is 35.5. The van der Waals surface area contributed by atoms with Crippen molar-refractivity contribution in [3.05, 3.63) is 70.7 Å². The standard InChI is InChI=1S/C17H18ClN.ClH/c18-15-8-6-14(7-9-15)17(11-10-16(19)12-17)13-4-2-1-3-5-13;/h1-9,16H,10-12,19H2;1H. The van der Waals surface area contributed by atoms with E-state index in [1.165, 1.54) is 11.1 Å². The van der Waals surface area contributed by atoms with E-state index < -0.39 is 0 Å². The fourth-order valence-corrected chi connectivity index (χ4v) is 3.43. The quantitative estimate of drug-likeness (QED) is 0.865. The predicted molar refractivity (Wildman–Crippen MR) is 87.7 cm³/mol. The zero-order valence-electron chi connectivity index (χ0n) is 11.3. The van der Waals surface area contributed by atoms with E-state index in [4.69, 9.17) is 17.3 Å². The van der Waals surface area contributed by atoms with Crippen LogP contribution in [-0.4, -0.2) is 6.04 Å². The van der Waals surface area contributed by atoms with Gasteiger partial charge in [-0.1, -0.05) is 54.1 Å². The molecule has 0 radical (unpaired) electrons. The van der Waals surface area contributed by atoms with Crippen LogP contribution in [0.15, 0.2) is 54.6 Å². The Balaban J connectivity index is 0.00000147. The third kappa shape index (κ3) is 2.71. The van der Waals surface area contributed by atoms with Crippen LogP contribution in [0.2, 0.25) is 5.02 Å². The molecule has 0 amide bonds. The third-order valence-electron chi connectivity index (χ3n) is 4.28. The molecule has 2 atom stereocenters. The van der Waals surface area contributed by atoms with E-state index in [0.29, 0.717) is 0 Å². The van der Waals surface area contributed by atoms with Gasteiger partial charge in [-0.25, -0.2) is 0 Å². The maximum absolute atomic E-state index is 6.19. The Kier molecular flexibility index (Phi) is 4.74. The molecule has 20 heavy (non-hydrogen) atoms. The minimum atomic E-state index is 0. The van der Waals surface area contributed by atoms with Crippen LogP contribution in [0.4, 0.5) is 0 Å². The molecule has 1 aliphatic rings. The zero-order chi connectivity index (χ0) is 13.3. The van der Waals surface area contributed by atoms with Crippen molar-refractivity contribution in [2.24, 2.45) is 5.73 Å². The van der Waals surface area contributed by atoms with Gasteiger partial charge in [0.2, 0.25) is 0 Å². The molecule has 3 rings (SSSR count). The van der Waals surface area contributed by atoms with Crippen LogP contribution in [0.1, 0.15) is 30.4 Å². The molecule has 0 heterocycles. The third-order valence-corrected chi connectivity index (χ3v) is 4.53. The van der Waals surface area contributed by atoms with Gasteiger partial charge in [-0.2, -0.15) is 0 Å². The summed E-state index contributed by atoms with van der Waals surface area (Å²) < 4.78 is 0. The highest BCUT2D eigenvalue weighted by Gasteiger charge is 2.40. The van der Waals surface area contributed by atoms with Gasteiger partial charge in [0.05, 0.1) is 0 Å². The van der Waals surface area contributed by atoms with Gasteiger partial charge in [-0.15, -0.1) is 12.4 Å². The van der Waals surface area contributed by atoms with Crippen molar-refractivity contribution in [1.82, 2.24) is 0 Å². The maximum Gasteiger partial charge on any atom is 0.0406 e. The van der Waals surface area contributed by atoms with Crippen LogP contribution in [0.3, 0.4) is 0 Å². The molecule has 3 heteroatoms. The molecule has 2 unspecified atom stereocenters. The van der Waals surface area contributed by atoms with Gasteiger partial charge in [-0.05, 0) is 42.5 Å².